The van der Waals surface area contributed by atoms with Crippen LogP contribution in [0.15, 0.2) is 18.2 Å². The summed E-state index contributed by atoms with van der Waals surface area (Å²) in [5.74, 6) is 1.41. The standard InChI is InChI=1S/C16H23NO3/c1-4-20-15-6-5-13(12(3)18)8-14(15)10-17-9-11(2)7-16(17)19/h5-6,8,11-12,18H,4,7,9-10H2,1-3H3. The van der Waals surface area contributed by atoms with Crippen LogP contribution in [0.2, 0.25) is 0 Å². The monoisotopic (exact) mass is 277 g/mol. The van der Waals surface area contributed by atoms with E-state index < -0.39 is 6.10 Å². The Morgan fingerprint density at radius 2 is 2.25 bits per heavy atom. The molecule has 1 aliphatic heterocycles. The summed E-state index contributed by atoms with van der Waals surface area (Å²) in [5, 5.41) is 9.70. The van der Waals surface area contributed by atoms with E-state index in [1.54, 1.807) is 6.92 Å². The van der Waals surface area contributed by atoms with Gasteiger partial charge in [-0.05, 0) is 37.5 Å². The highest BCUT2D eigenvalue weighted by Crippen LogP contribution is 2.27. The quantitative estimate of drug-likeness (QED) is 0.899. The number of ether oxygens (including phenoxy) is 1. The van der Waals surface area contributed by atoms with Crippen LogP contribution in [0.25, 0.3) is 0 Å². The van der Waals surface area contributed by atoms with Gasteiger partial charge in [-0.3, -0.25) is 4.79 Å². The molecule has 1 aliphatic rings. The van der Waals surface area contributed by atoms with E-state index in [0.717, 1.165) is 23.4 Å². The van der Waals surface area contributed by atoms with Crippen molar-refractivity contribution in [1.82, 2.24) is 4.90 Å². The largest absolute Gasteiger partial charge is 0.494 e. The van der Waals surface area contributed by atoms with Crippen LogP contribution in [-0.2, 0) is 11.3 Å². The lowest BCUT2D eigenvalue weighted by molar-refractivity contribution is -0.128. The summed E-state index contributed by atoms with van der Waals surface area (Å²) in [7, 11) is 0. The predicted molar refractivity (Wildman–Crippen MR) is 77.4 cm³/mol. The highest BCUT2D eigenvalue weighted by Gasteiger charge is 2.27. The Labute approximate surface area is 120 Å². The van der Waals surface area contributed by atoms with Crippen molar-refractivity contribution < 1.29 is 14.6 Å². The van der Waals surface area contributed by atoms with Crippen LogP contribution in [0.3, 0.4) is 0 Å². The second-order valence-electron chi connectivity index (χ2n) is 5.56. The number of hydrogen-bond acceptors (Lipinski definition) is 3. The van der Waals surface area contributed by atoms with Crippen LogP contribution < -0.4 is 4.74 Å². The van der Waals surface area contributed by atoms with Gasteiger partial charge in [-0.15, -0.1) is 0 Å². The molecule has 1 N–H and O–H groups in total. The first-order valence-electron chi connectivity index (χ1n) is 7.22. The van der Waals surface area contributed by atoms with Gasteiger partial charge in [0.05, 0.1) is 12.7 Å². The molecule has 110 valence electrons. The van der Waals surface area contributed by atoms with Gasteiger partial charge in [0.25, 0.3) is 0 Å². The van der Waals surface area contributed by atoms with E-state index >= 15 is 0 Å². The molecule has 1 aromatic carbocycles. The lowest BCUT2D eigenvalue weighted by atomic mass is 10.1. The van der Waals surface area contributed by atoms with Crippen LogP contribution >= 0.6 is 0 Å². The van der Waals surface area contributed by atoms with Crippen LogP contribution in [0, 0.1) is 5.92 Å². The third kappa shape index (κ3) is 3.31. The van der Waals surface area contributed by atoms with Gasteiger partial charge in [-0.1, -0.05) is 13.0 Å². The first-order chi connectivity index (χ1) is 9.51. The second-order valence-corrected chi connectivity index (χ2v) is 5.56. The van der Waals surface area contributed by atoms with Gasteiger partial charge < -0.3 is 14.7 Å². The Morgan fingerprint density at radius 3 is 2.80 bits per heavy atom. The van der Waals surface area contributed by atoms with Crippen LogP contribution in [-0.4, -0.2) is 29.1 Å². The molecule has 4 nitrogen and oxygen atoms in total. The summed E-state index contributed by atoms with van der Waals surface area (Å²) in [5.41, 5.74) is 1.82. The van der Waals surface area contributed by atoms with Crippen molar-refractivity contribution in [2.45, 2.75) is 39.8 Å². The van der Waals surface area contributed by atoms with Gasteiger partial charge in [0.15, 0.2) is 0 Å². The number of carbonyl (C=O) groups is 1. The summed E-state index contributed by atoms with van der Waals surface area (Å²) in [6.45, 7) is 7.71. The molecule has 0 radical (unpaired) electrons. The van der Waals surface area contributed by atoms with E-state index in [1.807, 2.05) is 30.0 Å². The fraction of sp³-hybridized carbons (Fsp3) is 0.562. The Kier molecular flexibility index (Phi) is 4.65. The zero-order chi connectivity index (χ0) is 14.7. The molecular formula is C16H23NO3. The van der Waals surface area contributed by atoms with Gasteiger partial charge >= 0.3 is 0 Å². The van der Waals surface area contributed by atoms with Crippen molar-refractivity contribution >= 4 is 5.91 Å². The fourth-order valence-electron chi connectivity index (χ4n) is 2.61. The maximum absolute atomic E-state index is 11.9. The lowest BCUT2D eigenvalue weighted by Crippen LogP contribution is -2.24. The van der Waals surface area contributed by atoms with E-state index in [4.69, 9.17) is 4.74 Å². The number of carbonyl (C=O) groups excluding carboxylic acids is 1. The molecule has 1 fully saturated rings. The van der Waals surface area contributed by atoms with Gasteiger partial charge in [-0.25, -0.2) is 0 Å². The molecule has 1 saturated heterocycles. The van der Waals surface area contributed by atoms with Gasteiger partial charge in [0.2, 0.25) is 5.91 Å². The van der Waals surface area contributed by atoms with E-state index in [-0.39, 0.29) is 5.91 Å². The molecule has 0 bridgehead atoms. The smallest absolute Gasteiger partial charge is 0.223 e. The van der Waals surface area contributed by atoms with Crippen LogP contribution in [0.4, 0.5) is 0 Å². The molecule has 20 heavy (non-hydrogen) atoms. The fourth-order valence-corrected chi connectivity index (χ4v) is 2.61. The Hall–Kier alpha value is -1.55. The molecule has 1 amide bonds. The maximum Gasteiger partial charge on any atom is 0.223 e. The number of amides is 1. The van der Waals surface area contributed by atoms with Crippen molar-refractivity contribution in [2.24, 2.45) is 5.92 Å². The Balaban J connectivity index is 2.23. The number of aliphatic hydroxyl groups excluding tert-OH is 1. The molecule has 0 saturated carbocycles. The van der Waals surface area contributed by atoms with E-state index in [9.17, 15) is 9.90 Å². The Bertz CT molecular complexity index is 485. The Morgan fingerprint density at radius 1 is 1.50 bits per heavy atom. The average Bonchev–Trinajstić information content (AvgIpc) is 2.70. The van der Waals surface area contributed by atoms with Crippen molar-refractivity contribution in [3.63, 3.8) is 0 Å². The highest BCUT2D eigenvalue weighted by molar-refractivity contribution is 5.78. The van der Waals surface area contributed by atoms with Crippen molar-refractivity contribution in [1.29, 1.82) is 0 Å². The number of hydrogen-bond donors (Lipinski definition) is 1. The molecule has 2 rings (SSSR count). The number of nitrogens with zero attached hydrogens (tertiary/aromatic N) is 1. The SMILES string of the molecule is CCOc1ccc(C(C)O)cc1CN1CC(C)CC1=O. The third-order valence-electron chi connectivity index (χ3n) is 3.64. The zero-order valence-corrected chi connectivity index (χ0v) is 12.4. The summed E-state index contributed by atoms with van der Waals surface area (Å²) >= 11 is 0. The minimum absolute atomic E-state index is 0.197. The number of likely N-dealkylation sites (tertiary alicyclic amines) is 1. The molecule has 0 aromatic heterocycles. The first kappa shape index (κ1) is 14.9. The van der Waals surface area contributed by atoms with E-state index in [0.29, 0.717) is 25.5 Å². The average molecular weight is 277 g/mol. The van der Waals surface area contributed by atoms with Gasteiger partial charge in [0.1, 0.15) is 5.75 Å². The first-order valence-corrected chi connectivity index (χ1v) is 7.22. The third-order valence-corrected chi connectivity index (χ3v) is 3.64. The lowest BCUT2D eigenvalue weighted by Gasteiger charge is -2.20. The summed E-state index contributed by atoms with van der Waals surface area (Å²) < 4.78 is 5.62. The number of aliphatic hydroxyl groups is 1. The molecule has 1 heterocycles. The van der Waals surface area contributed by atoms with Gasteiger partial charge in [0, 0.05) is 25.1 Å². The maximum atomic E-state index is 11.9. The molecule has 4 heteroatoms. The van der Waals surface area contributed by atoms with Crippen molar-refractivity contribution in [3.05, 3.63) is 29.3 Å². The molecule has 0 aliphatic carbocycles. The zero-order valence-electron chi connectivity index (χ0n) is 12.4. The minimum Gasteiger partial charge on any atom is -0.494 e. The van der Waals surface area contributed by atoms with Crippen molar-refractivity contribution in [3.8, 4) is 5.75 Å². The molecular weight excluding hydrogens is 254 g/mol. The predicted octanol–water partition coefficient (Wildman–Crippen LogP) is 2.51. The molecule has 2 unspecified atom stereocenters. The number of rotatable bonds is 5. The molecule has 2 atom stereocenters. The minimum atomic E-state index is -0.516. The van der Waals surface area contributed by atoms with E-state index in [1.165, 1.54) is 0 Å². The van der Waals surface area contributed by atoms with Crippen molar-refractivity contribution in [2.75, 3.05) is 13.2 Å². The highest BCUT2D eigenvalue weighted by atomic mass is 16.5. The van der Waals surface area contributed by atoms with Crippen LogP contribution in [0.1, 0.15) is 44.4 Å². The topological polar surface area (TPSA) is 49.8 Å². The summed E-state index contributed by atoms with van der Waals surface area (Å²) in [4.78, 5) is 13.8. The van der Waals surface area contributed by atoms with E-state index in [2.05, 4.69) is 6.92 Å². The normalized spacial score (nSPS) is 20.3. The second kappa shape index (κ2) is 6.27. The molecule has 0 spiro atoms. The summed E-state index contributed by atoms with van der Waals surface area (Å²) in [6.07, 6.45) is 0.109. The molecule has 1 aromatic rings. The number of benzene rings is 1. The summed E-state index contributed by atoms with van der Waals surface area (Å²) in [6, 6.07) is 5.68. The van der Waals surface area contributed by atoms with Crippen LogP contribution in [0.5, 0.6) is 5.75 Å². The van der Waals surface area contributed by atoms with Gasteiger partial charge in [-0.2, -0.15) is 0 Å².